The van der Waals surface area contributed by atoms with Gasteiger partial charge in [-0.1, -0.05) is 18.2 Å². The molecule has 0 aliphatic heterocycles. The van der Waals surface area contributed by atoms with Crippen molar-refractivity contribution in [3.05, 3.63) is 84.2 Å². The quantitative estimate of drug-likeness (QED) is 0.600. The van der Waals surface area contributed by atoms with Gasteiger partial charge >= 0.3 is 0 Å². The van der Waals surface area contributed by atoms with Crippen LogP contribution in [0, 0.1) is 5.82 Å². The van der Waals surface area contributed by atoms with E-state index in [4.69, 9.17) is 0 Å². The van der Waals surface area contributed by atoms with Gasteiger partial charge in [0.05, 0.1) is 11.0 Å². The molecule has 0 saturated heterocycles. The molecule has 0 spiro atoms. The number of pyridine rings is 1. The summed E-state index contributed by atoms with van der Waals surface area (Å²) in [7, 11) is 0. The first kappa shape index (κ1) is 14.6. The lowest BCUT2D eigenvalue weighted by atomic mass is 10.1. The van der Waals surface area contributed by atoms with Crippen LogP contribution in [-0.4, -0.2) is 15.0 Å². The van der Waals surface area contributed by atoms with Gasteiger partial charge < -0.3 is 4.98 Å². The maximum absolute atomic E-state index is 13.2. The molecule has 1 N–H and O–H groups in total. The summed E-state index contributed by atoms with van der Waals surface area (Å²) in [6.45, 7) is 0. The maximum Gasteiger partial charge on any atom is 0.123 e. The number of rotatable bonds is 4. The standard InChI is InChI=1S/C20H16FN3/c21-17-3-1-2-14(12-17)4-7-20-23-18-6-5-16(13-19(18)24-20)15-8-10-22-11-9-15/h1-3,5-6,8-13H,4,7H2,(H,23,24). The number of aromatic nitrogens is 3. The third-order valence-electron chi connectivity index (χ3n) is 4.08. The lowest BCUT2D eigenvalue weighted by Crippen LogP contribution is -1.93. The van der Waals surface area contributed by atoms with Gasteiger partial charge in [0, 0.05) is 18.8 Å². The Morgan fingerprint density at radius 2 is 1.75 bits per heavy atom. The first-order valence-electron chi connectivity index (χ1n) is 7.91. The van der Waals surface area contributed by atoms with Gasteiger partial charge in [0.2, 0.25) is 0 Å². The molecule has 0 amide bonds. The van der Waals surface area contributed by atoms with Crippen LogP contribution in [0.2, 0.25) is 0 Å². The number of nitrogens with zero attached hydrogens (tertiary/aromatic N) is 2. The lowest BCUT2D eigenvalue weighted by Gasteiger charge is -2.00. The Bertz CT molecular complexity index is 977. The molecule has 0 fully saturated rings. The number of hydrogen-bond donors (Lipinski definition) is 1. The second-order valence-corrected chi connectivity index (χ2v) is 5.78. The Kier molecular flexibility index (Phi) is 3.79. The smallest absolute Gasteiger partial charge is 0.123 e. The van der Waals surface area contributed by atoms with E-state index in [-0.39, 0.29) is 5.82 Å². The fraction of sp³-hybridized carbons (Fsp3) is 0.100. The van der Waals surface area contributed by atoms with Crippen LogP contribution < -0.4 is 0 Å². The average Bonchev–Trinajstić information content (AvgIpc) is 3.03. The van der Waals surface area contributed by atoms with Crippen molar-refractivity contribution < 1.29 is 4.39 Å². The number of H-pyrrole nitrogens is 1. The number of aryl methyl sites for hydroxylation is 2. The number of nitrogens with one attached hydrogen (secondary N) is 1. The minimum Gasteiger partial charge on any atom is -0.342 e. The van der Waals surface area contributed by atoms with Crippen LogP contribution in [0.25, 0.3) is 22.2 Å². The Hall–Kier alpha value is -3.01. The zero-order valence-corrected chi connectivity index (χ0v) is 13.0. The van der Waals surface area contributed by atoms with E-state index in [1.54, 1.807) is 24.5 Å². The van der Waals surface area contributed by atoms with Crippen LogP contribution in [0.1, 0.15) is 11.4 Å². The van der Waals surface area contributed by atoms with Gasteiger partial charge in [0.1, 0.15) is 11.6 Å². The van der Waals surface area contributed by atoms with Crippen molar-refractivity contribution in [1.29, 1.82) is 0 Å². The van der Waals surface area contributed by atoms with Crippen molar-refractivity contribution in [3.63, 3.8) is 0 Å². The number of imidazole rings is 1. The summed E-state index contributed by atoms with van der Waals surface area (Å²) in [5.74, 6) is 0.722. The number of benzene rings is 2. The van der Waals surface area contributed by atoms with Crippen molar-refractivity contribution in [3.8, 4) is 11.1 Å². The molecule has 0 radical (unpaired) electrons. The van der Waals surface area contributed by atoms with E-state index in [1.165, 1.54) is 6.07 Å². The topological polar surface area (TPSA) is 41.6 Å². The number of hydrogen-bond acceptors (Lipinski definition) is 2. The van der Waals surface area contributed by atoms with Crippen LogP contribution in [0.15, 0.2) is 67.0 Å². The number of aromatic amines is 1. The van der Waals surface area contributed by atoms with Crippen LogP contribution in [0.3, 0.4) is 0 Å². The lowest BCUT2D eigenvalue weighted by molar-refractivity contribution is 0.625. The van der Waals surface area contributed by atoms with E-state index < -0.39 is 0 Å². The molecule has 0 unspecified atom stereocenters. The normalized spacial score (nSPS) is 11.0. The largest absolute Gasteiger partial charge is 0.342 e. The predicted octanol–water partition coefficient (Wildman–Crippen LogP) is 4.55. The average molecular weight is 317 g/mol. The summed E-state index contributed by atoms with van der Waals surface area (Å²) in [6.07, 6.45) is 5.09. The molecule has 0 aliphatic rings. The molecule has 24 heavy (non-hydrogen) atoms. The maximum atomic E-state index is 13.2. The molecule has 4 heteroatoms. The van der Waals surface area contributed by atoms with Gasteiger partial charge in [-0.2, -0.15) is 0 Å². The highest BCUT2D eigenvalue weighted by Gasteiger charge is 2.06. The molecule has 3 nitrogen and oxygen atoms in total. The Morgan fingerprint density at radius 3 is 2.58 bits per heavy atom. The molecule has 0 aliphatic carbocycles. The Balaban J connectivity index is 1.57. The molecular formula is C20H16FN3. The molecule has 4 aromatic rings. The van der Waals surface area contributed by atoms with Gasteiger partial charge in [0.25, 0.3) is 0 Å². The molecule has 2 heterocycles. The van der Waals surface area contributed by atoms with Crippen LogP contribution in [-0.2, 0) is 12.8 Å². The van der Waals surface area contributed by atoms with Gasteiger partial charge in [-0.25, -0.2) is 9.37 Å². The van der Waals surface area contributed by atoms with E-state index in [2.05, 4.69) is 27.1 Å². The van der Waals surface area contributed by atoms with Gasteiger partial charge in [-0.3, -0.25) is 4.98 Å². The van der Waals surface area contributed by atoms with E-state index >= 15 is 0 Å². The summed E-state index contributed by atoms with van der Waals surface area (Å²) in [5, 5.41) is 0. The third-order valence-corrected chi connectivity index (χ3v) is 4.08. The minimum absolute atomic E-state index is 0.195. The SMILES string of the molecule is Fc1cccc(CCc2nc3ccc(-c4ccncc4)cc3[nH]2)c1. The zero-order chi connectivity index (χ0) is 16.4. The Labute approximate surface area is 139 Å². The number of halogens is 1. The second-order valence-electron chi connectivity index (χ2n) is 5.78. The van der Waals surface area contributed by atoms with Crippen molar-refractivity contribution in [2.75, 3.05) is 0 Å². The number of fused-ring (bicyclic) bond motifs is 1. The van der Waals surface area contributed by atoms with E-state index in [0.717, 1.165) is 46.4 Å². The fourth-order valence-corrected chi connectivity index (χ4v) is 2.86. The molecular weight excluding hydrogens is 301 g/mol. The monoisotopic (exact) mass is 317 g/mol. The highest BCUT2D eigenvalue weighted by Crippen LogP contribution is 2.23. The van der Waals surface area contributed by atoms with Crippen molar-refractivity contribution in [1.82, 2.24) is 15.0 Å². The third kappa shape index (κ3) is 3.04. The minimum atomic E-state index is -0.195. The fourth-order valence-electron chi connectivity index (χ4n) is 2.86. The van der Waals surface area contributed by atoms with Gasteiger partial charge in [-0.05, 0) is 59.5 Å². The Morgan fingerprint density at radius 1 is 0.875 bits per heavy atom. The molecule has 2 aromatic heterocycles. The van der Waals surface area contributed by atoms with Crippen LogP contribution in [0.4, 0.5) is 4.39 Å². The van der Waals surface area contributed by atoms with Crippen molar-refractivity contribution in [2.45, 2.75) is 12.8 Å². The summed E-state index contributed by atoms with van der Waals surface area (Å²) < 4.78 is 13.2. The van der Waals surface area contributed by atoms with Crippen molar-refractivity contribution >= 4 is 11.0 Å². The highest BCUT2D eigenvalue weighted by molar-refractivity contribution is 5.81. The summed E-state index contributed by atoms with van der Waals surface area (Å²) in [6, 6.07) is 16.9. The molecule has 0 bridgehead atoms. The van der Waals surface area contributed by atoms with Gasteiger partial charge in [0.15, 0.2) is 0 Å². The first-order valence-corrected chi connectivity index (χ1v) is 7.91. The van der Waals surface area contributed by atoms with Gasteiger partial charge in [-0.15, -0.1) is 0 Å². The zero-order valence-electron chi connectivity index (χ0n) is 13.0. The van der Waals surface area contributed by atoms with Crippen LogP contribution >= 0.6 is 0 Å². The molecule has 2 aromatic carbocycles. The highest BCUT2D eigenvalue weighted by atomic mass is 19.1. The van der Waals surface area contributed by atoms with Crippen LogP contribution in [0.5, 0.6) is 0 Å². The summed E-state index contributed by atoms with van der Waals surface area (Å²) >= 11 is 0. The molecule has 118 valence electrons. The molecule has 4 rings (SSSR count). The molecule has 0 saturated carbocycles. The molecule has 0 atom stereocenters. The van der Waals surface area contributed by atoms with E-state index in [9.17, 15) is 4.39 Å². The first-order chi connectivity index (χ1) is 11.8. The van der Waals surface area contributed by atoms with Crippen molar-refractivity contribution in [2.24, 2.45) is 0 Å². The second kappa shape index (κ2) is 6.24. The summed E-state index contributed by atoms with van der Waals surface area (Å²) in [4.78, 5) is 12.0. The summed E-state index contributed by atoms with van der Waals surface area (Å²) in [5.41, 5.74) is 5.20. The van der Waals surface area contributed by atoms with E-state index in [1.807, 2.05) is 24.3 Å². The van der Waals surface area contributed by atoms with E-state index in [0.29, 0.717) is 0 Å². The predicted molar refractivity (Wildman–Crippen MR) is 93.1 cm³/mol.